The van der Waals surface area contributed by atoms with Crippen LogP contribution in [0.4, 0.5) is 5.82 Å². The lowest BCUT2D eigenvalue weighted by Gasteiger charge is -2.21. The van der Waals surface area contributed by atoms with E-state index in [0.29, 0.717) is 12.1 Å². The van der Waals surface area contributed by atoms with E-state index in [9.17, 15) is 4.79 Å². The second kappa shape index (κ2) is 8.04. The number of nitrogens with zero attached hydrogens (tertiary/aromatic N) is 5. The molecule has 0 aromatic carbocycles. The second-order valence-electron chi connectivity index (χ2n) is 7.32. The second-order valence-corrected chi connectivity index (χ2v) is 7.32. The number of anilines is 1. The highest BCUT2D eigenvalue weighted by atomic mass is 16.2. The van der Waals surface area contributed by atoms with E-state index in [1.807, 2.05) is 26.2 Å². The summed E-state index contributed by atoms with van der Waals surface area (Å²) in [7, 11) is 1.59. The highest BCUT2D eigenvalue weighted by Gasteiger charge is 2.26. The molecular weight excluding hydrogens is 342 g/mol. The molecule has 0 spiro atoms. The molecule has 1 fully saturated rings. The van der Waals surface area contributed by atoms with Gasteiger partial charge in [0.25, 0.3) is 5.91 Å². The van der Waals surface area contributed by atoms with E-state index in [1.165, 1.54) is 0 Å². The van der Waals surface area contributed by atoms with Crippen LogP contribution in [0.25, 0.3) is 0 Å². The summed E-state index contributed by atoms with van der Waals surface area (Å²) in [6, 6.07) is 0.764. The van der Waals surface area contributed by atoms with E-state index in [0.717, 1.165) is 49.0 Å². The summed E-state index contributed by atoms with van der Waals surface area (Å²) in [5.74, 6) is 1.88. The quantitative estimate of drug-likeness (QED) is 0.802. The number of aromatic nitrogens is 4. The molecule has 1 atom stereocenters. The summed E-state index contributed by atoms with van der Waals surface area (Å²) in [5.41, 5.74) is 1.87. The van der Waals surface area contributed by atoms with Gasteiger partial charge in [-0.1, -0.05) is 0 Å². The summed E-state index contributed by atoms with van der Waals surface area (Å²) in [6.45, 7) is 10.8. The van der Waals surface area contributed by atoms with Gasteiger partial charge in [0.2, 0.25) is 5.82 Å². The predicted molar refractivity (Wildman–Crippen MR) is 105 cm³/mol. The third-order valence-corrected chi connectivity index (χ3v) is 5.14. The summed E-state index contributed by atoms with van der Waals surface area (Å²) < 4.78 is 2.19. The van der Waals surface area contributed by atoms with Crippen LogP contribution in [-0.4, -0.2) is 51.6 Å². The summed E-state index contributed by atoms with van der Waals surface area (Å²) in [6.07, 6.45) is 4.90. The first-order valence-corrected chi connectivity index (χ1v) is 9.48. The Morgan fingerprint density at radius 3 is 2.81 bits per heavy atom. The van der Waals surface area contributed by atoms with Crippen molar-refractivity contribution in [1.29, 1.82) is 0 Å². The molecule has 0 saturated carbocycles. The zero-order valence-electron chi connectivity index (χ0n) is 16.8. The molecule has 0 aliphatic carbocycles. The van der Waals surface area contributed by atoms with Gasteiger partial charge in [-0.05, 0) is 34.1 Å². The van der Waals surface area contributed by atoms with Crippen molar-refractivity contribution >= 4 is 11.7 Å². The van der Waals surface area contributed by atoms with Crippen LogP contribution < -0.4 is 15.5 Å². The molecule has 146 valence electrons. The maximum Gasteiger partial charge on any atom is 0.288 e. The third-order valence-electron chi connectivity index (χ3n) is 5.14. The van der Waals surface area contributed by atoms with Gasteiger partial charge in [0.1, 0.15) is 11.6 Å². The molecule has 3 rings (SSSR count). The van der Waals surface area contributed by atoms with Gasteiger partial charge in [-0.15, -0.1) is 0 Å². The Hall–Kier alpha value is -2.48. The van der Waals surface area contributed by atoms with Crippen LogP contribution in [0.5, 0.6) is 0 Å². The Morgan fingerprint density at radius 1 is 1.33 bits per heavy atom. The van der Waals surface area contributed by atoms with Crippen LogP contribution in [0, 0.1) is 13.8 Å². The summed E-state index contributed by atoms with van der Waals surface area (Å²) in [4.78, 5) is 27.5. The van der Waals surface area contributed by atoms with Crippen LogP contribution >= 0.6 is 0 Å². The molecule has 1 aliphatic heterocycles. The molecule has 1 aliphatic rings. The van der Waals surface area contributed by atoms with Crippen LogP contribution in [-0.2, 0) is 6.54 Å². The van der Waals surface area contributed by atoms with Crippen LogP contribution in [0.3, 0.4) is 0 Å². The Balaban J connectivity index is 1.68. The fourth-order valence-electron chi connectivity index (χ4n) is 3.44. The number of carbonyl (C=O) groups excluding carboxylic acids is 1. The van der Waals surface area contributed by atoms with Gasteiger partial charge in [0.15, 0.2) is 0 Å². The topological polar surface area (TPSA) is 88.0 Å². The van der Waals surface area contributed by atoms with Gasteiger partial charge >= 0.3 is 0 Å². The number of carbonyl (C=O) groups is 1. The molecule has 3 heterocycles. The maximum absolute atomic E-state index is 12.0. The first kappa shape index (κ1) is 19.3. The van der Waals surface area contributed by atoms with Gasteiger partial charge in [0.05, 0.1) is 6.54 Å². The molecule has 8 nitrogen and oxygen atoms in total. The van der Waals surface area contributed by atoms with Gasteiger partial charge < -0.3 is 20.1 Å². The van der Waals surface area contributed by atoms with E-state index < -0.39 is 0 Å². The number of rotatable bonds is 6. The number of hydrogen-bond acceptors (Lipinski definition) is 6. The lowest BCUT2D eigenvalue weighted by atomic mass is 10.2. The van der Waals surface area contributed by atoms with Crippen molar-refractivity contribution in [2.24, 2.45) is 0 Å². The minimum Gasteiger partial charge on any atom is -0.355 e. The lowest BCUT2D eigenvalue weighted by Crippen LogP contribution is -2.34. The van der Waals surface area contributed by atoms with Crippen molar-refractivity contribution in [3.63, 3.8) is 0 Å². The molecule has 0 radical (unpaired) electrons. The maximum atomic E-state index is 12.0. The van der Waals surface area contributed by atoms with Crippen molar-refractivity contribution < 1.29 is 4.79 Å². The van der Waals surface area contributed by atoms with E-state index in [1.54, 1.807) is 7.05 Å². The van der Waals surface area contributed by atoms with Gasteiger partial charge in [0, 0.05) is 55.9 Å². The summed E-state index contributed by atoms with van der Waals surface area (Å²) in [5, 5.41) is 6.21. The number of aryl methyl sites for hydroxylation is 1. The molecule has 27 heavy (non-hydrogen) atoms. The highest BCUT2D eigenvalue weighted by Crippen LogP contribution is 2.24. The van der Waals surface area contributed by atoms with E-state index in [4.69, 9.17) is 0 Å². The average molecular weight is 371 g/mol. The first-order chi connectivity index (χ1) is 12.9. The van der Waals surface area contributed by atoms with Crippen molar-refractivity contribution in [3.8, 4) is 0 Å². The van der Waals surface area contributed by atoms with Gasteiger partial charge in [-0.2, -0.15) is 0 Å². The smallest absolute Gasteiger partial charge is 0.288 e. The standard InChI is InChI=1S/C19H29N7O/c1-12(2)26-9-7-21-16(26)10-22-15-6-8-25(11-15)18-13(3)14(4)23-17(24-18)19(27)20-5/h7,9,12,15,22H,6,8,10-11H2,1-5H3,(H,20,27)/t15-/m1/s1. The molecule has 2 N–H and O–H groups in total. The zero-order chi connectivity index (χ0) is 19.6. The molecular formula is C19H29N7O. The number of nitrogens with one attached hydrogen (secondary N) is 2. The third kappa shape index (κ3) is 4.10. The monoisotopic (exact) mass is 371 g/mol. The normalized spacial score (nSPS) is 17.0. The van der Waals surface area contributed by atoms with Crippen molar-refractivity contribution in [2.75, 3.05) is 25.0 Å². The first-order valence-electron chi connectivity index (χ1n) is 9.48. The van der Waals surface area contributed by atoms with Crippen LogP contribution in [0.15, 0.2) is 12.4 Å². The fourth-order valence-corrected chi connectivity index (χ4v) is 3.44. The van der Waals surface area contributed by atoms with E-state index in [-0.39, 0.29) is 11.7 Å². The fraction of sp³-hybridized carbons (Fsp3) is 0.579. The number of hydrogen-bond donors (Lipinski definition) is 2. The minimum absolute atomic E-state index is 0.228. The van der Waals surface area contributed by atoms with E-state index in [2.05, 4.69) is 48.9 Å². The molecule has 0 bridgehead atoms. The zero-order valence-corrected chi connectivity index (χ0v) is 16.8. The SMILES string of the molecule is CNC(=O)c1nc(C)c(C)c(N2CC[C@@H](NCc3nccn3C(C)C)C2)n1. The Morgan fingerprint density at radius 2 is 2.11 bits per heavy atom. The van der Waals surface area contributed by atoms with Crippen LogP contribution in [0.2, 0.25) is 0 Å². The number of amides is 1. The molecule has 2 aromatic heterocycles. The van der Waals surface area contributed by atoms with Crippen molar-refractivity contribution in [2.45, 2.75) is 52.7 Å². The highest BCUT2D eigenvalue weighted by molar-refractivity contribution is 5.90. The van der Waals surface area contributed by atoms with Crippen molar-refractivity contribution in [1.82, 2.24) is 30.2 Å². The van der Waals surface area contributed by atoms with Gasteiger partial charge in [-0.3, -0.25) is 4.79 Å². The van der Waals surface area contributed by atoms with Crippen LogP contribution in [0.1, 0.15) is 54.0 Å². The Labute approximate surface area is 160 Å². The lowest BCUT2D eigenvalue weighted by molar-refractivity contribution is 0.0952. The molecule has 2 aromatic rings. The predicted octanol–water partition coefficient (Wildman–Crippen LogP) is 1.60. The largest absolute Gasteiger partial charge is 0.355 e. The molecule has 0 unspecified atom stereocenters. The number of imidazole rings is 1. The molecule has 1 saturated heterocycles. The summed E-state index contributed by atoms with van der Waals surface area (Å²) >= 11 is 0. The Kier molecular flexibility index (Phi) is 5.74. The minimum atomic E-state index is -0.256. The van der Waals surface area contributed by atoms with Gasteiger partial charge in [-0.25, -0.2) is 15.0 Å². The van der Waals surface area contributed by atoms with E-state index >= 15 is 0 Å². The molecule has 1 amide bonds. The molecule has 8 heteroatoms. The van der Waals surface area contributed by atoms with Crippen molar-refractivity contribution in [3.05, 3.63) is 35.3 Å². The average Bonchev–Trinajstić information content (AvgIpc) is 3.30. The Bertz CT molecular complexity index is 814.